The van der Waals surface area contributed by atoms with E-state index in [1.807, 2.05) is 18.4 Å². The van der Waals surface area contributed by atoms with E-state index in [4.69, 9.17) is 0 Å². The smallest absolute Gasteiger partial charge is 0.299 e. The van der Waals surface area contributed by atoms with Gasteiger partial charge in [0.1, 0.15) is 6.04 Å². The van der Waals surface area contributed by atoms with Crippen LogP contribution in [0.1, 0.15) is 33.6 Å². The molecule has 1 saturated heterocycles. The molecular weight excluding hydrogens is 473 g/mol. The summed E-state index contributed by atoms with van der Waals surface area (Å²) < 4.78 is 43.1. The van der Waals surface area contributed by atoms with Gasteiger partial charge in [-0.1, -0.05) is 42.5 Å². The second-order valence-electron chi connectivity index (χ2n) is 9.30. The minimum absolute atomic E-state index is 0.0403. The summed E-state index contributed by atoms with van der Waals surface area (Å²) in [6.45, 7) is 1.89. The summed E-state index contributed by atoms with van der Waals surface area (Å²) in [5.74, 6) is -4.10. The molecule has 1 N–H and O–H groups in total. The third-order valence-corrected chi connectivity index (χ3v) is 7.84. The molecule has 1 aliphatic carbocycles. The van der Waals surface area contributed by atoms with Gasteiger partial charge in [-0.05, 0) is 47.0 Å². The average molecular weight is 499 g/mol. The van der Waals surface area contributed by atoms with E-state index in [1.165, 1.54) is 23.1 Å². The van der Waals surface area contributed by atoms with E-state index in [2.05, 4.69) is 5.32 Å². The van der Waals surface area contributed by atoms with Gasteiger partial charge in [0.15, 0.2) is 0 Å². The number of amides is 2. The molecule has 0 saturated carbocycles. The number of thiophene rings is 1. The largest absolute Gasteiger partial charge is 0.349 e. The lowest BCUT2D eigenvalue weighted by Crippen LogP contribution is -2.46. The maximum atomic E-state index is 14.8. The van der Waals surface area contributed by atoms with E-state index in [0.717, 1.165) is 10.4 Å². The summed E-state index contributed by atoms with van der Waals surface area (Å²) in [6, 6.07) is 12.2. The van der Waals surface area contributed by atoms with Crippen molar-refractivity contribution in [2.45, 2.75) is 38.3 Å². The third kappa shape index (κ3) is 4.35. The number of hydrogen-bond donors (Lipinski definition) is 1. The minimum Gasteiger partial charge on any atom is -0.349 e. The average Bonchev–Trinajstić information content (AvgIpc) is 3.53. The fraction of sp³-hybridized carbons (Fsp3) is 0.333. The van der Waals surface area contributed by atoms with Crippen LogP contribution in [0.2, 0.25) is 0 Å². The fourth-order valence-corrected chi connectivity index (χ4v) is 5.86. The van der Waals surface area contributed by atoms with E-state index in [1.54, 1.807) is 35.6 Å². The van der Waals surface area contributed by atoms with Crippen LogP contribution in [-0.2, 0) is 28.5 Å². The normalized spacial score (nSPS) is 19.9. The van der Waals surface area contributed by atoms with Crippen molar-refractivity contribution >= 4 is 23.2 Å². The van der Waals surface area contributed by atoms with Crippen LogP contribution in [0.15, 0.2) is 53.9 Å². The number of likely N-dealkylation sites (tertiary alicyclic amines) is 1. The van der Waals surface area contributed by atoms with Crippen LogP contribution in [0.5, 0.6) is 0 Å². The predicted molar refractivity (Wildman–Crippen MR) is 129 cm³/mol. The first-order chi connectivity index (χ1) is 16.8. The lowest BCUT2D eigenvalue weighted by Gasteiger charge is -2.24. The molecule has 5 rings (SSSR count). The van der Waals surface area contributed by atoms with Gasteiger partial charge in [0.25, 0.3) is 5.92 Å². The molecule has 2 aliphatic rings. The molecule has 2 aromatic carbocycles. The number of carbonyl (C=O) groups is 2. The van der Waals surface area contributed by atoms with Gasteiger partial charge in [-0.3, -0.25) is 14.0 Å². The summed E-state index contributed by atoms with van der Waals surface area (Å²) in [4.78, 5) is 28.6. The highest BCUT2D eigenvalue weighted by atomic mass is 32.1. The minimum atomic E-state index is -3.08. The Morgan fingerprint density at radius 3 is 2.63 bits per heavy atom. The quantitative estimate of drug-likeness (QED) is 0.507. The molecule has 3 aromatic rings. The van der Waals surface area contributed by atoms with E-state index in [0.29, 0.717) is 23.2 Å². The Labute approximate surface area is 205 Å². The van der Waals surface area contributed by atoms with Gasteiger partial charge in [-0.15, -0.1) is 11.3 Å². The monoisotopic (exact) mass is 498 g/mol. The standard InChI is InChI=1S/C27H25F3N2O2S/c1-16-8-19(35-15-16)13-31-26(34)24-10-18(12-28)14-32(24)25(33)11-17-6-7-23-21(9-17)20-4-2-3-5-22(20)27(23,29)30/h2-9,15,18,24H,10-14H2,1H3,(H,31,34). The first-order valence-corrected chi connectivity index (χ1v) is 12.4. The van der Waals surface area contributed by atoms with Crippen molar-refractivity contribution in [3.63, 3.8) is 0 Å². The summed E-state index contributed by atoms with van der Waals surface area (Å²) in [5, 5.41) is 4.87. The van der Waals surface area contributed by atoms with E-state index in [9.17, 15) is 22.8 Å². The number of halogens is 3. The number of carbonyl (C=O) groups excluding carboxylic acids is 2. The molecule has 0 radical (unpaired) electrons. The predicted octanol–water partition coefficient (Wildman–Crippen LogP) is 5.22. The number of benzene rings is 2. The molecule has 2 heterocycles. The molecule has 8 heteroatoms. The van der Waals surface area contributed by atoms with Gasteiger partial charge in [0, 0.05) is 28.5 Å². The van der Waals surface area contributed by atoms with E-state index in [-0.39, 0.29) is 42.3 Å². The summed E-state index contributed by atoms with van der Waals surface area (Å²) in [5.41, 5.74) is 2.46. The third-order valence-electron chi connectivity index (χ3n) is 6.78. The van der Waals surface area contributed by atoms with Crippen LogP contribution < -0.4 is 5.32 Å². The number of nitrogens with one attached hydrogen (secondary N) is 1. The van der Waals surface area contributed by atoms with Crippen LogP contribution in [0.4, 0.5) is 13.2 Å². The molecular formula is C27H25F3N2O2S. The van der Waals surface area contributed by atoms with Crippen molar-refractivity contribution in [1.82, 2.24) is 10.2 Å². The molecule has 35 heavy (non-hydrogen) atoms. The molecule has 2 amide bonds. The van der Waals surface area contributed by atoms with E-state index >= 15 is 0 Å². The van der Waals surface area contributed by atoms with Gasteiger partial charge < -0.3 is 10.2 Å². The van der Waals surface area contributed by atoms with Crippen LogP contribution in [0.25, 0.3) is 11.1 Å². The lowest BCUT2D eigenvalue weighted by molar-refractivity contribution is -0.138. The number of fused-ring (bicyclic) bond motifs is 3. The van der Waals surface area contributed by atoms with Gasteiger partial charge in [-0.25, -0.2) is 0 Å². The Morgan fingerprint density at radius 1 is 1.11 bits per heavy atom. The molecule has 1 aromatic heterocycles. The van der Waals surface area contributed by atoms with Crippen molar-refractivity contribution in [3.05, 3.63) is 81.0 Å². The van der Waals surface area contributed by atoms with Crippen molar-refractivity contribution in [3.8, 4) is 11.1 Å². The van der Waals surface area contributed by atoms with Gasteiger partial charge in [0.2, 0.25) is 11.8 Å². The molecule has 4 nitrogen and oxygen atoms in total. The number of alkyl halides is 3. The first kappa shape index (κ1) is 23.6. The maximum Gasteiger partial charge on any atom is 0.299 e. The van der Waals surface area contributed by atoms with Gasteiger partial charge in [-0.2, -0.15) is 8.78 Å². The number of nitrogens with zero attached hydrogens (tertiary/aromatic N) is 1. The SMILES string of the molecule is Cc1csc(CNC(=O)C2CC(CF)CN2C(=O)Cc2ccc3c(c2)-c2ccccc2C3(F)F)c1. The van der Waals surface area contributed by atoms with Crippen LogP contribution in [-0.4, -0.2) is 36.0 Å². The highest BCUT2D eigenvalue weighted by molar-refractivity contribution is 7.10. The zero-order chi connectivity index (χ0) is 24.7. The number of rotatable bonds is 6. The van der Waals surface area contributed by atoms with E-state index < -0.39 is 24.6 Å². The lowest BCUT2D eigenvalue weighted by atomic mass is 10.0. The maximum absolute atomic E-state index is 14.8. The van der Waals surface area contributed by atoms with Crippen LogP contribution >= 0.6 is 11.3 Å². The van der Waals surface area contributed by atoms with Crippen molar-refractivity contribution in [2.75, 3.05) is 13.2 Å². The number of aryl methyl sites for hydroxylation is 1. The molecule has 182 valence electrons. The highest BCUT2D eigenvalue weighted by Crippen LogP contribution is 2.51. The summed E-state index contributed by atoms with van der Waals surface area (Å²) in [6.07, 6.45) is 0.218. The molecule has 2 unspecified atom stereocenters. The summed E-state index contributed by atoms with van der Waals surface area (Å²) in [7, 11) is 0. The highest BCUT2D eigenvalue weighted by Gasteiger charge is 2.44. The van der Waals surface area contributed by atoms with Crippen molar-refractivity contribution in [1.29, 1.82) is 0 Å². The molecule has 0 spiro atoms. The molecule has 1 aliphatic heterocycles. The van der Waals surface area contributed by atoms with Crippen molar-refractivity contribution < 1.29 is 22.8 Å². The Morgan fingerprint density at radius 2 is 1.89 bits per heavy atom. The topological polar surface area (TPSA) is 49.4 Å². The Balaban J connectivity index is 1.33. The fourth-order valence-electron chi connectivity index (χ4n) is 5.05. The Kier molecular flexibility index (Phi) is 6.17. The zero-order valence-electron chi connectivity index (χ0n) is 19.2. The molecule has 0 bridgehead atoms. The van der Waals surface area contributed by atoms with Crippen LogP contribution in [0.3, 0.4) is 0 Å². The molecule has 2 atom stereocenters. The first-order valence-electron chi connectivity index (χ1n) is 11.6. The summed E-state index contributed by atoms with van der Waals surface area (Å²) >= 11 is 1.54. The molecule has 1 fully saturated rings. The second kappa shape index (κ2) is 9.15. The van der Waals surface area contributed by atoms with Crippen molar-refractivity contribution in [2.24, 2.45) is 5.92 Å². The zero-order valence-corrected chi connectivity index (χ0v) is 20.0. The van der Waals surface area contributed by atoms with Gasteiger partial charge >= 0.3 is 0 Å². The Bertz CT molecular complexity index is 1290. The van der Waals surface area contributed by atoms with Gasteiger partial charge in [0.05, 0.1) is 19.6 Å². The second-order valence-corrected chi connectivity index (χ2v) is 10.3. The van der Waals surface area contributed by atoms with Crippen LogP contribution in [0, 0.1) is 12.8 Å². The number of hydrogen-bond acceptors (Lipinski definition) is 3. The Hall–Kier alpha value is -3.13.